The van der Waals surface area contributed by atoms with Crippen LogP contribution < -0.4 is 10.9 Å². The molecule has 0 amide bonds. The summed E-state index contributed by atoms with van der Waals surface area (Å²) in [6.07, 6.45) is 7.37. The molecular formula is C11H18BrN3OS. The predicted octanol–water partition coefficient (Wildman–Crippen LogP) is 2.49. The minimum absolute atomic E-state index is 0.114. The van der Waals surface area contributed by atoms with Crippen molar-refractivity contribution in [1.82, 2.24) is 9.78 Å². The molecule has 96 valence electrons. The quantitative estimate of drug-likeness (QED) is 0.784. The van der Waals surface area contributed by atoms with E-state index in [1.54, 1.807) is 13.2 Å². The summed E-state index contributed by atoms with van der Waals surface area (Å²) in [6, 6.07) is 0. The summed E-state index contributed by atoms with van der Waals surface area (Å²) in [5.41, 5.74) is 0.662. The van der Waals surface area contributed by atoms with E-state index in [-0.39, 0.29) is 5.56 Å². The first-order valence-electron chi connectivity index (χ1n) is 5.61. The van der Waals surface area contributed by atoms with Crippen molar-refractivity contribution in [3.05, 3.63) is 21.0 Å². The van der Waals surface area contributed by atoms with E-state index in [1.807, 2.05) is 11.8 Å². The molecule has 0 aliphatic carbocycles. The van der Waals surface area contributed by atoms with Crippen LogP contribution in [0.4, 0.5) is 5.69 Å². The second-order valence-corrected chi connectivity index (χ2v) is 5.56. The zero-order valence-corrected chi connectivity index (χ0v) is 12.6. The van der Waals surface area contributed by atoms with Gasteiger partial charge in [0, 0.05) is 13.6 Å². The molecular weight excluding hydrogens is 302 g/mol. The highest BCUT2D eigenvalue weighted by molar-refractivity contribution is 9.10. The summed E-state index contributed by atoms with van der Waals surface area (Å²) in [5.74, 6) is 1.22. The Bertz CT molecular complexity index is 408. The molecule has 0 fully saturated rings. The minimum atomic E-state index is -0.114. The molecule has 0 bridgehead atoms. The van der Waals surface area contributed by atoms with Gasteiger partial charge < -0.3 is 5.32 Å². The Kier molecular flexibility index (Phi) is 6.65. The highest BCUT2D eigenvalue weighted by Crippen LogP contribution is 2.15. The molecule has 6 heteroatoms. The second kappa shape index (κ2) is 7.76. The van der Waals surface area contributed by atoms with Gasteiger partial charge in [0.1, 0.15) is 4.47 Å². The minimum Gasteiger partial charge on any atom is -0.383 e. The van der Waals surface area contributed by atoms with Crippen molar-refractivity contribution < 1.29 is 0 Å². The first-order valence-corrected chi connectivity index (χ1v) is 7.80. The van der Waals surface area contributed by atoms with E-state index in [2.05, 4.69) is 32.6 Å². The van der Waals surface area contributed by atoms with Crippen molar-refractivity contribution >= 4 is 33.4 Å². The molecule has 1 rings (SSSR count). The fourth-order valence-corrected chi connectivity index (χ4v) is 2.40. The molecule has 0 radical (unpaired) electrons. The van der Waals surface area contributed by atoms with E-state index in [1.165, 1.54) is 23.3 Å². The highest BCUT2D eigenvalue weighted by atomic mass is 79.9. The molecule has 1 aromatic heterocycles. The van der Waals surface area contributed by atoms with Gasteiger partial charge in [0.2, 0.25) is 0 Å². The summed E-state index contributed by atoms with van der Waals surface area (Å²) < 4.78 is 1.87. The molecule has 0 aliphatic heterocycles. The van der Waals surface area contributed by atoms with E-state index >= 15 is 0 Å². The summed E-state index contributed by atoms with van der Waals surface area (Å²) in [7, 11) is 1.64. The van der Waals surface area contributed by atoms with Crippen LogP contribution in [0.5, 0.6) is 0 Å². The summed E-state index contributed by atoms with van der Waals surface area (Å²) in [4.78, 5) is 11.6. The van der Waals surface area contributed by atoms with Crippen molar-refractivity contribution in [3.8, 4) is 0 Å². The monoisotopic (exact) mass is 319 g/mol. The Labute approximate surface area is 114 Å². The van der Waals surface area contributed by atoms with E-state index in [4.69, 9.17) is 0 Å². The van der Waals surface area contributed by atoms with Crippen LogP contribution in [0.15, 0.2) is 15.5 Å². The standard InChI is InChI=1S/C11H18BrN3OS/c1-15-11(16)10(12)9(8-14-15)13-6-4-3-5-7-17-2/h8,13H,3-7H2,1-2H3. The van der Waals surface area contributed by atoms with Crippen molar-refractivity contribution in [3.63, 3.8) is 0 Å². The Balaban J connectivity index is 2.37. The Morgan fingerprint density at radius 2 is 2.24 bits per heavy atom. The van der Waals surface area contributed by atoms with Gasteiger partial charge in [-0.1, -0.05) is 6.42 Å². The Hall–Kier alpha value is -0.490. The number of anilines is 1. The number of aromatic nitrogens is 2. The number of hydrogen-bond acceptors (Lipinski definition) is 4. The van der Waals surface area contributed by atoms with Crippen LogP contribution in [0.3, 0.4) is 0 Å². The largest absolute Gasteiger partial charge is 0.383 e. The molecule has 1 heterocycles. The van der Waals surface area contributed by atoms with E-state index in [0.717, 1.165) is 18.7 Å². The highest BCUT2D eigenvalue weighted by Gasteiger charge is 2.05. The molecule has 0 aromatic carbocycles. The maximum absolute atomic E-state index is 11.6. The first-order chi connectivity index (χ1) is 8.16. The lowest BCUT2D eigenvalue weighted by Crippen LogP contribution is -2.21. The second-order valence-electron chi connectivity index (χ2n) is 3.78. The van der Waals surface area contributed by atoms with Crippen LogP contribution in [-0.2, 0) is 7.05 Å². The van der Waals surface area contributed by atoms with E-state index in [0.29, 0.717) is 4.47 Å². The fourth-order valence-electron chi connectivity index (χ4n) is 1.41. The smallest absolute Gasteiger partial charge is 0.282 e. The van der Waals surface area contributed by atoms with Gasteiger partial charge in [-0.15, -0.1) is 0 Å². The van der Waals surface area contributed by atoms with Gasteiger partial charge in [-0.05, 0) is 40.8 Å². The van der Waals surface area contributed by atoms with Crippen LogP contribution in [0.1, 0.15) is 19.3 Å². The molecule has 0 unspecified atom stereocenters. The van der Waals surface area contributed by atoms with Gasteiger partial charge in [0.15, 0.2) is 0 Å². The fraction of sp³-hybridized carbons (Fsp3) is 0.636. The average Bonchev–Trinajstić information content (AvgIpc) is 2.33. The topological polar surface area (TPSA) is 46.9 Å². The molecule has 0 aliphatic rings. The van der Waals surface area contributed by atoms with Gasteiger partial charge in [0.25, 0.3) is 5.56 Å². The van der Waals surface area contributed by atoms with Gasteiger partial charge in [-0.2, -0.15) is 16.9 Å². The zero-order valence-electron chi connectivity index (χ0n) is 10.2. The number of unbranched alkanes of at least 4 members (excludes halogenated alkanes) is 2. The van der Waals surface area contributed by atoms with E-state index < -0.39 is 0 Å². The number of nitrogens with zero attached hydrogens (tertiary/aromatic N) is 2. The number of rotatable bonds is 7. The van der Waals surface area contributed by atoms with Gasteiger partial charge in [-0.25, -0.2) is 4.68 Å². The molecule has 0 saturated heterocycles. The van der Waals surface area contributed by atoms with Crippen LogP contribution in [-0.4, -0.2) is 28.3 Å². The van der Waals surface area contributed by atoms with Gasteiger partial charge in [0.05, 0.1) is 11.9 Å². The number of hydrogen-bond donors (Lipinski definition) is 1. The molecule has 0 spiro atoms. The summed E-state index contributed by atoms with van der Waals surface area (Å²) in [5, 5.41) is 7.20. The normalized spacial score (nSPS) is 10.5. The predicted molar refractivity (Wildman–Crippen MR) is 77.9 cm³/mol. The zero-order chi connectivity index (χ0) is 12.7. The van der Waals surface area contributed by atoms with E-state index in [9.17, 15) is 4.79 Å². The van der Waals surface area contributed by atoms with Crippen LogP contribution in [0.25, 0.3) is 0 Å². The maximum Gasteiger partial charge on any atom is 0.282 e. The summed E-state index contributed by atoms with van der Waals surface area (Å²) >= 11 is 5.17. The number of halogens is 1. The third kappa shape index (κ3) is 4.71. The van der Waals surface area contributed by atoms with Crippen LogP contribution >= 0.6 is 27.7 Å². The maximum atomic E-state index is 11.6. The summed E-state index contributed by atoms with van der Waals surface area (Å²) in [6.45, 7) is 0.877. The van der Waals surface area contributed by atoms with Crippen molar-refractivity contribution in [2.45, 2.75) is 19.3 Å². The number of aryl methyl sites for hydroxylation is 1. The van der Waals surface area contributed by atoms with Crippen molar-refractivity contribution in [1.29, 1.82) is 0 Å². The molecule has 0 saturated carbocycles. The van der Waals surface area contributed by atoms with Gasteiger partial charge in [-0.3, -0.25) is 4.79 Å². The van der Waals surface area contributed by atoms with Crippen LogP contribution in [0, 0.1) is 0 Å². The van der Waals surface area contributed by atoms with Crippen molar-refractivity contribution in [2.75, 3.05) is 23.9 Å². The Morgan fingerprint density at radius 3 is 2.94 bits per heavy atom. The van der Waals surface area contributed by atoms with Crippen LogP contribution in [0.2, 0.25) is 0 Å². The average molecular weight is 320 g/mol. The molecule has 1 N–H and O–H groups in total. The first kappa shape index (κ1) is 14.6. The molecule has 0 atom stereocenters. The van der Waals surface area contributed by atoms with Crippen molar-refractivity contribution in [2.24, 2.45) is 7.05 Å². The SMILES string of the molecule is CSCCCCCNc1cnn(C)c(=O)c1Br. The third-order valence-corrected chi connectivity index (χ3v) is 3.88. The number of thioether (sulfide) groups is 1. The lowest BCUT2D eigenvalue weighted by molar-refractivity contribution is 0.700. The lowest BCUT2D eigenvalue weighted by atomic mass is 10.2. The molecule has 4 nitrogen and oxygen atoms in total. The lowest BCUT2D eigenvalue weighted by Gasteiger charge is -2.08. The number of nitrogens with one attached hydrogen (secondary N) is 1. The van der Waals surface area contributed by atoms with Gasteiger partial charge >= 0.3 is 0 Å². The Morgan fingerprint density at radius 1 is 1.47 bits per heavy atom. The molecule has 1 aromatic rings. The third-order valence-electron chi connectivity index (χ3n) is 2.42. The molecule has 17 heavy (non-hydrogen) atoms.